The molecule has 7 heteroatoms. The van der Waals surface area contributed by atoms with E-state index in [0.29, 0.717) is 6.54 Å². The van der Waals surface area contributed by atoms with Crippen molar-refractivity contribution >= 4 is 16.0 Å². The number of hydrogen-bond acceptors (Lipinski definition) is 4. The summed E-state index contributed by atoms with van der Waals surface area (Å²) >= 11 is 0. The molecule has 0 radical (unpaired) electrons. The van der Waals surface area contributed by atoms with Crippen LogP contribution in [0.15, 0.2) is 47.5 Å². The third kappa shape index (κ3) is 3.71. The van der Waals surface area contributed by atoms with E-state index in [1.807, 2.05) is 30.3 Å². The second kappa shape index (κ2) is 6.11. The van der Waals surface area contributed by atoms with Crippen molar-refractivity contribution in [2.75, 3.05) is 6.61 Å². The molecule has 0 amide bonds. The second-order valence-corrected chi connectivity index (χ2v) is 6.00. The van der Waals surface area contributed by atoms with E-state index in [0.717, 1.165) is 5.56 Å². The minimum absolute atomic E-state index is 0.110. The molecule has 2 N–H and O–H groups in total. The maximum absolute atomic E-state index is 11.9. The standard InChI is InChI=1S/C14H16N2O4S/c1-2-20-14(17)13-8-12(21(15,18)19)10-16(13)9-11-6-4-3-5-7-11/h3-8,10H,2,9H2,1H3,(H2,15,18,19). The van der Waals surface area contributed by atoms with E-state index in [1.165, 1.54) is 16.8 Å². The summed E-state index contributed by atoms with van der Waals surface area (Å²) in [6.07, 6.45) is 1.34. The van der Waals surface area contributed by atoms with Crippen LogP contribution in [0.4, 0.5) is 0 Å². The van der Waals surface area contributed by atoms with Crippen LogP contribution in [0.25, 0.3) is 0 Å². The first-order chi connectivity index (χ1) is 9.91. The first kappa shape index (κ1) is 15.3. The van der Waals surface area contributed by atoms with Gasteiger partial charge in [0.1, 0.15) is 10.6 Å². The van der Waals surface area contributed by atoms with Gasteiger partial charge in [-0.2, -0.15) is 0 Å². The normalized spacial score (nSPS) is 11.3. The van der Waals surface area contributed by atoms with Crippen LogP contribution in [-0.4, -0.2) is 25.6 Å². The number of nitrogens with zero attached hydrogens (tertiary/aromatic N) is 1. The van der Waals surface area contributed by atoms with Crippen LogP contribution in [0.2, 0.25) is 0 Å². The summed E-state index contributed by atoms with van der Waals surface area (Å²) in [5, 5.41) is 5.11. The summed E-state index contributed by atoms with van der Waals surface area (Å²) in [4.78, 5) is 11.8. The van der Waals surface area contributed by atoms with Gasteiger partial charge in [-0.1, -0.05) is 30.3 Å². The molecule has 1 heterocycles. The van der Waals surface area contributed by atoms with Crippen LogP contribution < -0.4 is 5.14 Å². The summed E-state index contributed by atoms with van der Waals surface area (Å²) in [7, 11) is -3.87. The summed E-state index contributed by atoms with van der Waals surface area (Å²) in [5.41, 5.74) is 1.09. The van der Waals surface area contributed by atoms with Gasteiger partial charge in [-0.3, -0.25) is 0 Å². The van der Waals surface area contributed by atoms with Crippen LogP contribution in [0.3, 0.4) is 0 Å². The lowest BCUT2D eigenvalue weighted by molar-refractivity contribution is 0.0514. The van der Waals surface area contributed by atoms with E-state index in [4.69, 9.17) is 9.88 Å². The van der Waals surface area contributed by atoms with Gasteiger partial charge in [0.25, 0.3) is 0 Å². The van der Waals surface area contributed by atoms with E-state index in [2.05, 4.69) is 0 Å². The molecular weight excluding hydrogens is 292 g/mol. The lowest BCUT2D eigenvalue weighted by atomic mass is 10.2. The lowest BCUT2D eigenvalue weighted by Gasteiger charge is -2.08. The van der Waals surface area contributed by atoms with Gasteiger partial charge < -0.3 is 9.30 Å². The third-order valence-electron chi connectivity index (χ3n) is 2.88. The van der Waals surface area contributed by atoms with Gasteiger partial charge in [-0.25, -0.2) is 18.4 Å². The number of sulfonamides is 1. The Bertz CT molecular complexity index is 736. The molecule has 0 atom stereocenters. The number of primary sulfonamides is 1. The summed E-state index contributed by atoms with van der Waals surface area (Å²) in [6, 6.07) is 10.6. The highest BCUT2D eigenvalue weighted by Crippen LogP contribution is 2.16. The Morgan fingerprint density at radius 3 is 2.52 bits per heavy atom. The van der Waals surface area contributed by atoms with Gasteiger partial charge >= 0.3 is 5.97 Å². The molecule has 0 saturated heterocycles. The number of carbonyl (C=O) groups excluding carboxylic acids is 1. The SMILES string of the molecule is CCOC(=O)c1cc(S(N)(=O)=O)cn1Cc1ccccc1. The maximum atomic E-state index is 11.9. The van der Waals surface area contributed by atoms with Gasteiger partial charge in [0, 0.05) is 12.7 Å². The zero-order valence-corrected chi connectivity index (χ0v) is 12.3. The zero-order valence-electron chi connectivity index (χ0n) is 11.5. The van der Waals surface area contributed by atoms with Crippen molar-refractivity contribution in [3.8, 4) is 0 Å². The van der Waals surface area contributed by atoms with Crippen LogP contribution in [0.5, 0.6) is 0 Å². The van der Waals surface area contributed by atoms with Crippen molar-refractivity contribution < 1.29 is 17.9 Å². The monoisotopic (exact) mass is 308 g/mol. The molecule has 0 bridgehead atoms. The molecule has 21 heavy (non-hydrogen) atoms. The number of hydrogen-bond donors (Lipinski definition) is 1. The van der Waals surface area contributed by atoms with Crippen LogP contribution in [0.1, 0.15) is 23.0 Å². The van der Waals surface area contributed by atoms with E-state index in [1.54, 1.807) is 6.92 Å². The second-order valence-electron chi connectivity index (χ2n) is 4.44. The highest BCUT2D eigenvalue weighted by atomic mass is 32.2. The number of nitrogens with two attached hydrogens (primary N) is 1. The van der Waals surface area contributed by atoms with Crippen LogP contribution in [-0.2, 0) is 21.3 Å². The average molecular weight is 308 g/mol. The van der Waals surface area contributed by atoms with Crippen LogP contribution >= 0.6 is 0 Å². The Kier molecular flexibility index (Phi) is 4.44. The molecule has 6 nitrogen and oxygen atoms in total. The van der Waals surface area contributed by atoms with Crippen molar-refractivity contribution in [2.45, 2.75) is 18.4 Å². The quantitative estimate of drug-likeness (QED) is 0.844. The molecule has 0 aliphatic carbocycles. The molecule has 0 aliphatic heterocycles. The molecule has 0 saturated carbocycles. The number of rotatable bonds is 5. The maximum Gasteiger partial charge on any atom is 0.354 e. The molecule has 0 aliphatic rings. The van der Waals surface area contributed by atoms with Crippen molar-refractivity contribution in [3.05, 3.63) is 53.9 Å². The largest absolute Gasteiger partial charge is 0.461 e. The van der Waals surface area contributed by atoms with E-state index >= 15 is 0 Å². The number of esters is 1. The van der Waals surface area contributed by atoms with E-state index in [-0.39, 0.29) is 17.2 Å². The fourth-order valence-electron chi connectivity index (χ4n) is 1.93. The van der Waals surface area contributed by atoms with Crippen molar-refractivity contribution in [3.63, 3.8) is 0 Å². The third-order valence-corrected chi connectivity index (χ3v) is 3.76. The van der Waals surface area contributed by atoms with Crippen molar-refractivity contribution in [1.82, 2.24) is 4.57 Å². The summed E-state index contributed by atoms with van der Waals surface area (Å²) < 4.78 is 29.3. The number of carbonyl (C=O) groups is 1. The van der Waals surface area contributed by atoms with Crippen molar-refractivity contribution in [1.29, 1.82) is 0 Å². The molecular formula is C14H16N2O4S. The number of ether oxygens (including phenoxy) is 1. The Morgan fingerprint density at radius 1 is 1.29 bits per heavy atom. The highest BCUT2D eigenvalue weighted by Gasteiger charge is 2.19. The van der Waals surface area contributed by atoms with E-state index < -0.39 is 16.0 Å². The molecule has 1 aromatic heterocycles. The first-order valence-corrected chi connectivity index (χ1v) is 7.90. The van der Waals surface area contributed by atoms with Crippen LogP contribution in [0, 0.1) is 0 Å². The Balaban J connectivity index is 2.42. The molecule has 0 spiro atoms. The van der Waals surface area contributed by atoms with Gasteiger partial charge in [0.05, 0.1) is 6.61 Å². The number of aromatic nitrogens is 1. The fraction of sp³-hybridized carbons (Fsp3) is 0.214. The van der Waals surface area contributed by atoms with Gasteiger partial charge in [-0.15, -0.1) is 0 Å². The summed E-state index contributed by atoms with van der Waals surface area (Å²) in [5.74, 6) is -0.580. The van der Waals surface area contributed by atoms with E-state index in [9.17, 15) is 13.2 Å². The lowest BCUT2D eigenvalue weighted by Crippen LogP contribution is -2.12. The summed E-state index contributed by atoms with van der Waals surface area (Å²) in [6.45, 7) is 2.24. The zero-order chi connectivity index (χ0) is 15.5. The van der Waals surface area contributed by atoms with Gasteiger partial charge in [0.15, 0.2) is 0 Å². The van der Waals surface area contributed by atoms with Gasteiger partial charge in [-0.05, 0) is 18.6 Å². The smallest absolute Gasteiger partial charge is 0.354 e. The first-order valence-electron chi connectivity index (χ1n) is 6.36. The minimum Gasteiger partial charge on any atom is -0.461 e. The Morgan fingerprint density at radius 2 is 1.95 bits per heavy atom. The fourth-order valence-corrected chi connectivity index (χ4v) is 2.48. The molecule has 112 valence electrons. The predicted octanol–water partition coefficient (Wildman–Crippen LogP) is 1.36. The topological polar surface area (TPSA) is 91.4 Å². The molecule has 2 rings (SSSR count). The molecule has 0 fully saturated rings. The number of benzene rings is 1. The molecule has 0 unspecified atom stereocenters. The minimum atomic E-state index is -3.87. The predicted molar refractivity (Wildman–Crippen MR) is 77.3 cm³/mol. The molecule has 2 aromatic rings. The Hall–Kier alpha value is -2.12. The Labute approximate surface area is 123 Å². The highest BCUT2D eigenvalue weighted by molar-refractivity contribution is 7.89. The molecule has 1 aromatic carbocycles. The van der Waals surface area contributed by atoms with Crippen molar-refractivity contribution in [2.24, 2.45) is 5.14 Å². The van der Waals surface area contributed by atoms with Gasteiger partial charge in [0.2, 0.25) is 10.0 Å². The average Bonchev–Trinajstić information content (AvgIpc) is 2.84.